The molecular formula is C13H21NO3. The lowest BCUT2D eigenvalue weighted by molar-refractivity contribution is -0.126. The summed E-state index contributed by atoms with van der Waals surface area (Å²) < 4.78 is 5.17. The SMILES string of the molecule is C=CC(C)N(C(=O)/C=C/C)C(=O)OC(C)(C)C. The molecule has 96 valence electrons. The number of hydrogen-bond donors (Lipinski definition) is 0. The molecule has 0 aromatic carbocycles. The molecule has 1 atom stereocenters. The highest BCUT2D eigenvalue weighted by Gasteiger charge is 2.28. The first kappa shape index (κ1) is 15.4. The van der Waals surface area contributed by atoms with Crippen molar-refractivity contribution in [2.45, 2.75) is 46.3 Å². The van der Waals surface area contributed by atoms with Crippen molar-refractivity contribution >= 4 is 12.0 Å². The fourth-order valence-electron chi connectivity index (χ4n) is 1.10. The van der Waals surface area contributed by atoms with Gasteiger partial charge in [0.05, 0.1) is 6.04 Å². The normalized spacial score (nSPS) is 13.2. The van der Waals surface area contributed by atoms with Gasteiger partial charge in [-0.25, -0.2) is 9.69 Å². The van der Waals surface area contributed by atoms with E-state index in [4.69, 9.17) is 4.74 Å². The second-order valence-electron chi connectivity index (χ2n) is 4.66. The average molecular weight is 239 g/mol. The summed E-state index contributed by atoms with van der Waals surface area (Å²) in [5, 5.41) is 0. The number of hydrogen-bond acceptors (Lipinski definition) is 3. The Bertz CT molecular complexity index is 326. The van der Waals surface area contributed by atoms with Gasteiger partial charge in [-0.3, -0.25) is 4.79 Å². The molecule has 0 fully saturated rings. The molecule has 17 heavy (non-hydrogen) atoms. The molecule has 0 aliphatic rings. The van der Waals surface area contributed by atoms with Crippen LogP contribution in [0, 0.1) is 0 Å². The van der Waals surface area contributed by atoms with Crippen LogP contribution >= 0.6 is 0 Å². The minimum absolute atomic E-state index is 0.408. The Morgan fingerprint density at radius 3 is 2.24 bits per heavy atom. The summed E-state index contributed by atoms with van der Waals surface area (Å²) in [7, 11) is 0. The molecule has 0 aromatic heterocycles. The minimum atomic E-state index is -0.659. The van der Waals surface area contributed by atoms with Gasteiger partial charge < -0.3 is 4.74 Å². The lowest BCUT2D eigenvalue weighted by Crippen LogP contribution is -2.44. The first-order valence-corrected chi connectivity index (χ1v) is 5.54. The van der Waals surface area contributed by atoms with Crippen molar-refractivity contribution in [3.8, 4) is 0 Å². The van der Waals surface area contributed by atoms with Gasteiger partial charge in [-0.2, -0.15) is 0 Å². The van der Waals surface area contributed by atoms with Gasteiger partial charge in [-0.1, -0.05) is 12.2 Å². The summed E-state index contributed by atoms with van der Waals surface area (Å²) >= 11 is 0. The molecule has 0 rings (SSSR count). The Morgan fingerprint density at radius 2 is 1.88 bits per heavy atom. The third-order valence-corrected chi connectivity index (χ3v) is 1.89. The smallest absolute Gasteiger partial charge is 0.417 e. The molecule has 0 saturated carbocycles. The van der Waals surface area contributed by atoms with E-state index in [0.29, 0.717) is 0 Å². The van der Waals surface area contributed by atoms with Crippen molar-refractivity contribution in [3.63, 3.8) is 0 Å². The second-order valence-corrected chi connectivity index (χ2v) is 4.66. The zero-order valence-electron chi connectivity index (χ0n) is 11.2. The summed E-state index contributed by atoms with van der Waals surface area (Å²) in [6, 6.07) is -0.409. The molecule has 0 saturated heterocycles. The van der Waals surface area contributed by atoms with Crippen molar-refractivity contribution in [2.24, 2.45) is 0 Å². The molecule has 0 bridgehead atoms. The molecule has 4 nitrogen and oxygen atoms in total. The van der Waals surface area contributed by atoms with Crippen LogP contribution in [0.4, 0.5) is 4.79 Å². The first-order valence-electron chi connectivity index (χ1n) is 5.54. The van der Waals surface area contributed by atoms with E-state index < -0.39 is 23.6 Å². The molecule has 0 N–H and O–H groups in total. The fraction of sp³-hybridized carbons (Fsp3) is 0.538. The fourth-order valence-corrected chi connectivity index (χ4v) is 1.10. The maximum atomic E-state index is 11.9. The van der Waals surface area contributed by atoms with Gasteiger partial charge in [0.1, 0.15) is 5.60 Å². The summed E-state index contributed by atoms with van der Waals surface area (Å²) in [6.45, 7) is 12.3. The molecule has 0 radical (unpaired) electrons. The highest BCUT2D eigenvalue weighted by molar-refractivity contribution is 5.99. The summed E-state index contributed by atoms with van der Waals surface area (Å²) in [5.41, 5.74) is -0.633. The quantitative estimate of drug-likeness (QED) is 0.562. The summed E-state index contributed by atoms with van der Waals surface area (Å²) in [4.78, 5) is 24.7. The predicted octanol–water partition coefficient (Wildman–Crippen LogP) is 2.90. The molecule has 4 heteroatoms. The number of imide groups is 1. The van der Waals surface area contributed by atoms with Crippen LogP contribution in [0.3, 0.4) is 0 Å². The zero-order chi connectivity index (χ0) is 13.6. The molecule has 2 amide bonds. The lowest BCUT2D eigenvalue weighted by Gasteiger charge is -2.28. The van der Waals surface area contributed by atoms with Gasteiger partial charge >= 0.3 is 6.09 Å². The van der Waals surface area contributed by atoms with E-state index in [1.807, 2.05) is 0 Å². The number of amides is 2. The second kappa shape index (κ2) is 6.23. The Labute approximate surface area is 103 Å². The van der Waals surface area contributed by atoms with E-state index in [0.717, 1.165) is 4.90 Å². The van der Waals surface area contributed by atoms with E-state index in [-0.39, 0.29) is 0 Å². The average Bonchev–Trinajstić information content (AvgIpc) is 2.15. The monoisotopic (exact) mass is 239 g/mol. The van der Waals surface area contributed by atoms with E-state index in [1.54, 1.807) is 40.7 Å². The third kappa shape index (κ3) is 5.33. The minimum Gasteiger partial charge on any atom is -0.443 e. The summed E-state index contributed by atoms with van der Waals surface area (Å²) in [5.74, 6) is -0.408. The van der Waals surface area contributed by atoms with Crippen LogP contribution in [0.25, 0.3) is 0 Å². The van der Waals surface area contributed by atoms with Gasteiger partial charge in [0.2, 0.25) is 0 Å². The topological polar surface area (TPSA) is 46.6 Å². The summed E-state index contributed by atoms with van der Waals surface area (Å²) in [6.07, 6.45) is 3.76. The van der Waals surface area contributed by atoms with E-state index >= 15 is 0 Å². The van der Waals surface area contributed by atoms with Crippen molar-refractivity contribution in [1.82, 2.24) is 4.90 Å². The number of carbonyl (C=O) groups excluding carboxylic acids is 2. The van der Waals surface area contributed by atoms with Gasteiger partial charge in [-0.05, 0) is 40.7 Å². The molecule has 0 heterocycles. The van der Waals surface area contributed by atoms with Gasteiger partial charge in [0.25, 0.3) is 5.91 Å². The standard InChI is InChI=1S/C13H21NO3/c1-7-9-11(15)14(10(3)8-2)12(16)17-13(4,5)6/h7-10H,2H2,1,3-6H3/b9-7+. The first-order chi connectivity index (χ1) is 7.72. The number of ether oxygens (including phenoxy) is 1. The van der Waals surface area contributed by atoms with Crippen molar-refractivity contribution in [3.05, 3.63) is 24.8 Å². The molecule has 1 unspecified atom stereocenters. The van der Waals surface area contributed by atoms with Crippen LogP contribution in [0.1, 0.15) is 34.6 Å². The van der Waals surface area contributed by atoms with Crippen LogP contribution in [-0.4, -0.2) is 28.5 Å². The Morgan fingerprint density at radius 1 is 1.35 bits per heavy atom. The lowest BCUT2D eigenvalue weighted by atomic mass is 10.2. The van der Waals surface area contributed by atoms with E-state index in [9.17, 15) is 9.59 Å². The highest BCUT2D eigenvalue weighted by Crippen LogP contribution is 2.13. The maximum absolute atomic E-state index is 11.9. The number of allylic oxidation sites excluding steroid dienone is 1. The van der Waals surface area contributed by atoms with Crippen LogP contribution in [0.2, 0.25) is 0 Å². The van der Waals surface area contributed by atoms with Crippen LogP contribution < -0.4 is 0 Å². The van der Waals surface area contributed by atoms with Gasteiger partial charge in [0.15, 0.2) is 0 Å². The molecule has 0 spiro atoms. The maximum Gasteiger partial charge on any atom is 0.417 e. The molecular weight excluding hydrogens is 218 g/mol. The Balaban J connectivity index is 4.99. The van der Waals surface area contributed by atoms with Crippen molar-refractivity contribution < 1.29 is 14.3 Å². The van der Waals surface area contributed by atoms with Crippen molar-refractivity contribution in [1.29, 1.82) is 0 Å². The van der Waals surface area contributed by atoms with Gasteiger partial charge in [-0.15, -0.1) is 6.58 Å². The number of carbonyl (C=O) groups is 2. The Hall–Kier alpha value is -1.58. The van der Waals surface area contributed by atoms with Crippen LogP contribution in [0.5, 0.6) is 0 Å². The highest BCUT2D eigenvalue weighted by atomic mass is 16.6. The molecule has 0 aliphatic carbocycles. The van der Waals surface area contributed by atoms with Gasteiger partial charge in [0, 0.05) is 0 Å². The number of nitrogens with zero attached hydrogens (tertiary/aromatic N) is 1. The van der Waals surface area contributed by atoms with Crippen LogP contribution in [-0.2, 0) is 9.53 Å². The van der Waals surface area contributed by atoms with Crippen molar-refractivity contribution in [2.75, 3.05) is 0 Å². The van der Waals surface area contributed by atoms with E-state index in [1.165, 1.54) is 12.2 Å². The number of rotatable bonds is 3. The largest absolute Gasteiger partial charge is 0.443 e. The molecule has 0 aromatic rings. The van der Waals surface area contributed by atoms with Crippen LogP contribution in [0.15, 0.2) is 24.8 Å². The third-order valence-electron chi connectivity index (χ3n) is 1.89. The predicted molar refractivity (Wildman–Crippen MR) is 67.6 cm³/mol. The van der Waals surface area contributed by atoms with E-state index in [2.05, 4.69) is 6.58 Å². The zero-order valence-corrected chi connectivity index (χ0v) is 11.2. The molecule has 0 aliphatic heterocycles. The Kier molecular flexibility index (Phi) is 5.65.